The summed E-state index contributed by atoms with van der Waals surface area (Å²) >= 11 is 0. The van der Waals surface area contributed by atoms with E-state index in [2.05, 4.69) is 15.5 Å². The largest absolute Gasteiger partial charge is 0.371 e. The number of piperidine rings is 2. The topological polar surface area (TPSA) is 87.5 Å². The molecule has 0 radical (unpaired) electrons. The zero-order valence-corrected chi connectivity index (χ0v) is 15.9. The Balaban J connectivity index is 1.43. The molecule has 4 N–H and O–H groups in total. The summed E-state index contributed by atoms with van der Waals surface area (Å²) in [5.74, 6) is 0.117. The molecule has 6 heteroatoms. The number of rotatable bonds is 5. The van der Waals surface area contributed by atoms with E-state index in [1.54, 1.807) is 12.1 Å². The first-order valence-corrected chi connectivity index (χ1v) is 10.3. The van der Waals surface area contributed by atoms with Gasteiger partial charge in [-0.05, 0) is 69.1 Å². The van der Waals surface area contributed by atoms with Crippen LogP contribution in [0.1, 0.15) is 61.7 Å². The first-order valence-electron chi connectivity index (χ1n) is 10.3. The first kappa shape index (κ1) is 18.3. The van der Waals surface area contributed by atoms with Crippen molar-refractivity contribution < 1.29 is 9.59 Å². The van der Waals surface area contributed by atoms with Gasteiger partial charge in [-0.3, -0.25) is 9.59 Å². The van der Waals surface area contributed by atoms with Crippen LogP contribution >= 0.6 is 0 Å². The maximum Gasteiger partial charge on any atom is 0.250 e. The van der Waals surface area contributed by atoms with Gasteiger partial charge in [-0.15, -0.1) is 0 Å². The molecule has 4 rings (SSSR count). The smallest absolute Gasteiger partial charge is 0.250 e. The van der Waals surface area contributed by atoms with Crippen molar-refractivity contribution in [2.45, 2.75) is 63.5 Å². The zero-order valence-electron chi connectivity index (χ0n) is 15.9. The van der Waals surface area contributed by atoms with Crippen molar-refractivity contribution in [2.24, 2.45) is 11.7 Å². The van der Waals surface area contributed by atoms with Crippen molar-refractivity contribution in [3.8, 4) is 0 Å². The summed E-state index contributed by atoms with van der Waals surface area (Å²) in [4.78, 5) is 26.6. The fraction of sp³-hybridized carbons (Fsp3) is 0.619. The lowest BCUT2D eigenvalue weighted by Crippen LogP contribution is -2.39. The Morgan fingerprint density at radius 1 is 1.11 bits per heavy atom. The summed E-state index contributed by atoms with van der Waals surface area (Å²) in [7, 11) is 0. The summed E-state index contributed by atoms with van der Waals surface area (Å²) in [6, 6.07) is 6.64. The minimum absolute atomic E-state index is 0.0673. The Hall–Kier alpha value is -2.08. The molecule has 1 aromatic carbocycles. The summed E-state index contributed by atoms with van der Waals surface area (Å²) in [6.07, 6.45) is 8.72. The summed E-state index contributed by atoms with van der Waals surface area (Å²) in [6.45, 7) is 1.85. The third kappa shape index (κ3) is 4.26. The minimum Gasteiger partial charge on any atom is -0.371 e. The quantitative estimate of drug-likeness (QED) is 0.743. The number of fused-ring (bicyclic) bond motifs is 2. The van der Waals surface area contributed by atoms with Crippen LogP contribution in [0.2, 0.25) is 0 Å². The minimum atomic E-state index is -0.418. The number of benzene rings is 1. The van der Waals surface area contributed by atoms with Crippen LogP contribution in [-0.2, 0) is 4.79 Å². The zero-order chi connectivity index (χ0) is 18.8. The molecule has 3 saturated heterocycles. The second-order valence-corrected chi connectivity index (χ2v) is 8.37. The molecule has 3 aliphatic rings. The van der Waals surface area contributed by atoms with E-state index in [1.165, 1.54) is 19.3 Å². The number of anilines is 2. The van der Waals surface area contributed by atoms with Crippen molar-refractivity contribution in [1.29, 1.82) is 0 Å². The van der Waals surface area contributed by atoms with Gasteiger partial charge in [-0.25, -0.2) is 0 Å². The van der Waals surface area contributed by atoms with Crippen LogP contribution in [0.3, 0.4) is 0 Å². The Kier molecular flexibility index (Phi) is 5.34. The van der Waals surface area contributed by atoms with E-state index in [4.69, 9.17) is 5.73 Å². The van der Waals surface area contributed by atoms with Crippen LogP contribution in [0.25, 0.3) is 0 Å². The lowest BCUT2D eigenvalue weighted by Gasteiger charge is -2.30. The lowest BCUT2D eigenvalue weighted by atomic mass is 9.89. The van der Waals surface area contributed by atoms with E-state index in [-0.39, 0.29) is 5.91 Å². The molecule has 3 heterocycles. The molecule has 27 heavy (non-hydrogen) atoms. The maximum atomic E-state index is 12.6. The molecule has 146 valence electrons. The predicted molar refractivity (Wildman–Crippen MR) is 107 cm³/mol. The van der Waals surface area contributed by atoms with Gasteiger partial charge < -0.3 is 21.3 Å². The number of hydrogen-bond donors (Lipinski definition) is 3. The van der Waals surface area contributed by atoms with Gasteiger partial charge in [0.15, 0.2) is 0 Å². The average Bonchev–Trinajstić information content (AvgIpc) is 3.00. The van der Waals surface area contributed by atoms with Gasteiger partial charge in [0.25, 0.3) is 5.91 Å². The fourth-order valence-electron chi connectivity index (χ4n) is 5.03. The molecule has 6 nitrogen and oxygen atoms in total. The number of nitrogens with zero attached hydrogens (tertiary/aromatic N) is 1. The predicted octanol–water partition coefficient (Wildman–Crippen LogP) is 2.63. The maximum absolute atomic E-state index is 12.6. The molecule has 0 aromatic heterocycles. The number of hydrogen-bond acceptors (Lipinski definition) is 4. The van der Waals surface area contributed by atoms with Crippen LogP contribution in [0.15, 0.2) is 18.2 Å². The Bertz CT molecular complexity index is 702. The third-order valence-electron chi connectivity index (χ3n) is 6.29. The van der Waals surface area contributed by atoms with E-state index in [0.717, 1.165) is 50.1 Å². The van der Waals surface area contributed by atoms with Gasteiger partial charge in [0.2, 0.25) is 5.91 Å². The highest BCUT2D eigenvalue weighted by atomic mass is 16.2. The van der Waals surface area contributed by atoms with Gasteiger partial charge in [0.05, 0.1) is 11.3 Å². The van der Waals surface area contributed by atoms with Crippen LogP contribution in [0.5, 0.6) is 0 Å². The van der Waals surface area contributed by atoms with Crippen LogP contribution < -0.4 is 21.3 Å². The van der Waals surface area contributed by atoms with Crippen molar-refractivity contribution in [3.05, 3.63) is 23.8 Å². The second kappa shape index (κ2) is 7.89. The lowest BCUT2D eigenvalue weighted by molar-refractivity contribution is -0.117. The second-order valence-electron chi connectivity index (χ2n) is 8.37. The molecule has 2 unspecified atom stereocenters. The number of carbonyl (C=O) groups is 2. The summed E-state index contributed by atoms with van der Waals surface area (Å²) in [5, 5.41) is 6.67. The van der Waals surface area contributed by atoms with Crippen LogP contribution in [-0.4, -0.2) is 37.0 Å². The van der Waals surface area contributed by atoms with Gasteiger partial charge >= 0.3 is 0 Å². The highest BCUT2D eigenvalue weighted by molar-refractivity contribution is 6.00. The number of amides is 2. The molecular formula is C21H30N4O2. The molecule has 0 saturated carbocycles. The SMILES string of the molecule is NC(=O)c1ccc(NC(=O)CC2CC3CCC(C2)N3)cc1N1CCCCC1. The molecule has 2 bridgehead atoms. The van der Waals surface area contributed by atoms with E-state index >= 15 is 0 Å². The number of nitrogens with one attached hydrogen (secondary N) is 2. The molecule has 0 spiro atoms. The molecule has 0 aliphatic carbocycles. The Morgan fingerprint density at radius 3 is 2.48 bits per heavy atom. The van der Waals surface area contributed by atoms with E-state index in [1.807, 2.05) is 6.07 Å². The molecule has 3 aliphatic heterocycles. The summed E-state index contributed by atoms with van der Waals surface area (Å²) in [5.41, 5.74) is 7.70. The highest BCUT2D eigenvalue weighted by Gasteiger charge is 2.34. The van der Waals surface area contributed by atoms with Gasteiger partial charge in [-0.1, -0.05) is 0 Å². The first-order chi connectivity index (χ1) is 13.1. The van der Waals surface area contributed by atoms with Crippen molar-refractivity contribution in [2.75, 3.05) is 23.3 Å². The number of carbonyl (C=O) groups excluding carboxylic acids is 2. The normalized spacial score (nSPS) is 27.4. The van der Waals surface area contributed by atoms with Gasteiger partial charge in [0, 0.05) is 37.3 Å². The monoisotopic (exact) mass is 370 g/mol. The van der Waals surface area contributed by atoms with Crippen molar-refractivity contribution in [3.63, 3.8) is 0 Å². The highest BCUT2D eigenvalue weighted by Crippen LogP contribution is 2.33. The van der Waals surface area contributed by atoms with E-state index in [0.29, 0.717) is 30.0 Å². The standard InChI is InChI=1S/C21H30N4O2/c22-21(27)18-7-6-17(13-19(18)25-8-2-1-3-9-25)24-20(26)12-14-10-15-4-5-16(11-14)23-15/h6-7,13-16,23H,1-5,8-12H2,(H2,22,27)(H,24,26). The number of nitrogens with two attached hydrogens (primary N) is 1. The van der Waals surface area contributed by atoms with Gasteiger partial charge in [0.1, 0.15) is 0 Å². The van der Waals surface area contributed by atoms with Crippen LogP contribution in [0, 0.1) is 5.92 Å². The van der Waals surface area contributed by atoms with Crippen LogP contribution in [0.4, 0.5) is 11.4 Å². The number of primary amides is 1. The third-order valence-corrected chi connectivity index (χ3v) is 6.29. The average molecular weight is 370 g/mol. The van der Waals surface area contributed by atoms with E-state index in [9.17, 15) is 9.59 Å². The Morgan fingerprint density at radius 2 is 1.81 bits per heavy atom. The molecule has 3 fully saturated rings. The van der Waals surface area contributed by atoms with E-state index < -0.39 is 5.91 Å². The Labute approximate surface area is 160 Å². The molecule has 2 amide bonds. The molecular weight excluding hydrogens is 340 g/mol. The fourth-order valence-corrected chi connectivity index (χ4v) is 5.03. The van der Waals surface area contributed by atoms with Gasteiger partial charge in [-0.2, -0.15) is 0 Å². The van der Waals surface area contributed by atoms with Crippen molar-refractivity contribution in [1.82, 2.24) is 5.32 Å². The van der Waals surface area contributed by atoms with Crippen molar-refractivity contribution >= 4 is 23.2 Å². The molecule has 2 atom stereocenters. The molecule has 1 aromatic rings. The summed E-state index contributed by atoms with van der Waals surface area (Å²) < 4.78 is 0.